The number of benzene rings is 1. The number of hydrogen-bond acceptors (Lipinski definition) is 3. The fourth-order valence-electron chi connectivity index (χ4n) is 1.85. The summed E-state index contributed by atoms with van der Waals surface area (Å²) in [6, 6.07) is 7.42. The van der Waals surface area contributed by atoms with Gasteiger partial charge in [0.15, 0.2) is 0 Å². The zero-order valence-corrected chi connectivity index (χ0v) is 14.2. The number of nitrogens with one attached hydrogen (secondary N) is 1. The maximum atomic E-state index is 12.0. The van der Waals surface area contributed by atoms with Gasteiger partial charge in [-0.25, -0.2) is 4.79 Å². The Kier molecular flexibility index (Phi) is 6.49. The number of hydrogen-bond donors (Lipinski definition) is 1. The molecule has 0 aliphatic rings. The molecule has 1 unspecified atom stereocenters. The van der Waals surface area contributed by atoms with Gasteiger partial charge in [0, 0.05) is 5.02 Å². The number of nitrogens with zero attached hydrogens (tertiary/aromatic N) is 1. The molecule has 0 saturated heterocycles. The number of rotatable bonds is 5. The van der Waals surface area contributed by atoms with Crippen LogP contribution in [0.3, 0.4) is 0 Å². The van der Waals surface area contributed by atoms with Crippen molar-refractivity contribution in [2.45, 2.75) is 38.8 Å². The van der Waals surface area contributed by atoms with Crippen molar-refractivity contribution in [3.8, 4) is 0 Å². The van der Waals surface area contributed by atoms with E-state index in [-0.39, 0.29) is 6.04 Å². The molecule has 1 aromatic rings. The molecule has 1 rings (SSSR count). The minimum atomic E-state index is -0.504. The lowest BCUT2D eigenvalue weighted by Crippen LogP contribution is -2.36. The predicted molar refractivity (Wildman–Crippen MR) is 86.7 cm³/mol. The Morgan fingerprint density at radius 2 is 1.86 bits per heavy atom. The summed E-state index contributed by atoms with van der Waals surface area (Å²) in [6.07, 6.45) is 0.398. The molecule has 4 nitrogen and oxygen atoms in total. The molecule has 0 heterocycles. The number of alkyl carbamates (subject to hydrolysis) is 1. The van der Waals surface area contributed by atoms with Crippen LogP contribution in [0.25, 0.3) is 0 Å². The number of ether oxygens (including phenoxy) is 1. The molecule has 1 atom stereocenters. The summed E-state index contributed by atoms with van der Waals surface area (Å²) in [4.78, 5) is 14.1. The van der Waals surface area contributed by atoms with E-state index in [9.17, 15) is 4.79 Å². The molecule has 1 N–H and O–H groups in total. The van der Waals surface area contributed by atoms with Gasteiger partial charge in [-0.1, -0.05) is 23.7 Å². The average Bonchev–Trinajstić information content (AvgIpc) is 2.33. The maximum Gasteiger partial charge on any atom is 0.408 e. The molecule has 1 aromatic carbocycles. The number of amides is 1. The topological polar surface area (TPSA) is 41.6 Å². The second-order valence-electron chi connectivity index (χ2n) is 6.34. The fourth-order valence-corrected chi connectivity index (χ4v) is 1.98. The highest BCUT2D eigenvalue weighted by atomic mass is 35.5. The summed E-state index contributed by atoms with van der Waals surface area (Å²) in [5.74, 6) is 0. The molecular weight excluding hydrogens is 288 g/mol. The summed E-state index contributed by atoms with van der Waals surface area (Å²) in [5.41, 5.74) is 0.517. The van der Waals surface area contributed by atoms with Crippen molar-refractivity contribution >= 4 is 17.7 Å². The molecule has 0 spiro atoms. The van der Waals surface area contributed by atoms with Crippen LogP contribution in [0.15, 0.2) is 24.3 Å². The van der Waals surface area contributed by atoms with Crippen molar-refractivity contribution in [2.24, 2.45) is 0 Å². The minimum absolute atomic E-state index is 0.0977. The molecule has 0 saturated carbocycles. The van der Waals surface area contributed by atoms with Crippen molar-refractivity contribution < 1.29 is 9.53 Å². The summed E-state index contributed by atoms with van der Waals surface area (Å²) in [5, 5.41) is 3.62. The molecule has 0 aliphatic carbocycles. The van der Waals surface area contributed by atoms with E-state index in [0.717, 1.165) is 18.5 Å². The molecule has 0 fully saturated rings. The van der Waals surface area contributed by atoms with Gasteiger partial charge in [0.05, 0.1) is 6.04 Å². The van der Waals surface area contributed by atoms with Gasteiger partial charge in [-0.05, 0) is 65.5 Å². The highest BCUT2D eigenvalue weighted by molar-refractivity contribution is 6.30. The van der Waals surface area contributed by atoms with Gasteiger partial charge in [0.1, 0.15) is 5.60 Å². The first-order valence-corrected chi connectivity index (χ1v) is 7.45. The standard InChI is InChI=1S/C16H25ClN2O2/c1-16(2,3)21-15(20)18-14(10-11-19(4)5)12-6-8-13(17)9-7-12/h6-9,14H,10-11H2,1-5H3,(H,18,20). The third-order valence-electron chi connectivity index (χ3n) is 2.83. The third kappa shape index (κ3) is 7.34. The van der Waals surface area contributed by atoms with Gasteiger partial charge in [-0.3, -0.25) is 0 Å². The van der Waals surface area contributed by atoms with Crippen molar-refractivity contribution in [2.75, 3.05) is 20.6 Å². The van der Waals surface area contributed by atoms with Crippen LogP contribution >= 0.6 is 11.6 Å². The Morgan fingerprint density at radius 3 is 2.33 bits per heavy atom. The highest BCUT2D eigenvalue weighted by Crippen LogP contribution is 2.20. The summed E-state index contributed by atoms with van der Waals surface area (Å²) in [7, 11) is 4.01. The first-order chi connectivity index (χ1) is 9.67. The van der Waals surface area contributed by atoms with Crippen LogP contribution in [-0.4, -0.2) is 37.2 Å². The Balaban J connectivity index is 2.77. The Morgan fingerprint density at radius 1 is 1.29 bits per heavy atom. The first-order valence-electron chi connectivity index (χ1n) is 7.07. The van der Waals surface area contributed by atoms with Crippen molar-refractivity contribution in [3.63, 3.8) is 0 Å². The highest BCUT2D eigenvalue weighted by Gasteiger charge is 2.20. The van der Waals surface area contributed by atoms with Crippen LogP contribution in [0.4, 0.5) is 4.79 Å². The van der Waals surface area contributed by atoms with E-state index < -0.39 is 11.7 Å². The van der Waals surface area contributed by atoms with E-state index >= 15 is 0 Å². The largest absolute Gasteiger partial charge is 0.444 e. The number of carbonyl (C=O) groups excluding carboxylic acids is 1. The lowest BCUT2D eigenvalue weighted by molar-refractivity contribution is 0.0499. The van der Waals surface area contributed by atoms with E-state index in [1.54, 1.807) is 0 Å². The molecule has 1 amide bonds. The fraction of sp³-hybridized carbons (Fsp3) is 0.562. The monoisotopic (exact) mass is 312 g/mol. The molecule has 0 radical (unpaired) electrons. The van der Waals surface area contributed by atoms with Gasteiger partial charge in [-0.2, -0.15) is 0 Å². The molecule has 0 aliphatic heterocycles. The van der Waals surface area contributed by atoms with E-state index in [2.05, 4.69) is 10.2 Å². The number of carbonyl (C=O) groups is 1. The zero-order chi connectivity index (χ0) is 16.0. The van der Waals surface area contributed by atoms with Crippen LogP contribution in [0.1, 0.15) is 38.8 Å². The van der Waals surface area contributed by atoms with Gasteiger partial charge in [-0.15, -0.1) is 0 Å². The van der Waals surface area contributed by atoms with E-state index in [1.807, 2.05) is 59.1 Å². The van der Waals surface area contributed by atoms with E-state index in [1.165, 1.54) is 0 Å². The van der Waals surface area contributed by atoms with Crippen LogP contribution in [0.2, 0.25) is 5.02 Å². The smallest absolute Gasteiger partial charge is 0.408 e. The molecule has 5 heteroatoms. The molecular formula is C16H25ClN2O2. The van der Waals surface area contributed by atoms with Crippen LogP contribution in [0.5, 0.6) is 0 Å². The zero-order valence-electron chi connectivity index (χ0n) is 13.4. The van der Waals surface area contributed by atoms with Crippen molar-refractivity contribution in [3.05, 3.63) is 34.9 Å². The Bertz CT molecular complexity index is 452. The first kappa shape index (κ1) is 17.8. The molecule has 118 valence electrons. The molecule has 0 bridgehead atoms. The van der Waals surface area contributed by atoms with Gasteiger partial charge in [0.25, 0.3) is 0 Å². The van der Waals surface area contributed by atoms with Gasteiger partial charge < -0.3 is 15.0 Å². The summed E-state index contributed by atoms with van der Waals surface area (Å²) in [6.45, 7) is 6.42. The van der Waals surface area contributed by atoms with E-state index in [0.29, 0.717) is 5.02 Å². The summed E-state index contributed by atoms with van der Waals surface area (Å²) >= 11 is 5.92. The van der Waals surface area contributed by atoms with Crippen molar-refractivity contribution in [1.29, 1.82) is 0 Å². The average molecular weight is 313 g/mol. The van der Waals surface area contributed by atoms with Gasteiger partial charge >= 0.3 is 6.09 Å². The Labute approximate surface area is 132 Å². The second kappa shape index (κ2) is 7.66. The lowest BCUT2D eigenvalue weighted by atomic mass is 10.0. The van der Waals surface area contributed by atoms with Crippen LogP contribution in [-0.2, 0) is 4.74 Å². The van der Waals surface area contributed by atoms with Crippen molar-refractivity contribution in [1.82, 2.24) is 10.2 Å². The molecule has 21 heavy (non-hydrogen) atoms. The quantitative estimate of drug-likeness (QED) is 0.897. The minimum Gasteiger partial charge on any atom is -0.444 e. The second-order valence-corrected chi connectivity index (χ2v) is 6.78. The molecule has 0 aromatic heterocycles. The Hall–Kier alpha value is -1.26. The SMILES string of the molecule is CN(C)CCC(NC(=O)OC(C)(C)C)c1ccc(Cl)cc1. The third-order valence-corrected chi connectivity index (χ3v) is 3.08. The van der Waals surface area contributed by atoms with E-state index in [4.69, 9.17) is 16.3 Å². The predicted octanol–water partition coefficient (Wildman–Crippen LogP) is 3.86. The van der Waals surface area contributed by atoms with Crippen LogP contribution < -0.4 is 5.32 Å². The number of halogens is 1. The van der Waals surface area contributed by atoms with Gasteiger partial charge in [0.2, 0.25) is 0 Å². The normalized spacial score (nSPS) is 13.1. The maximum absolute atomic E-state index is 12.0. The lowest BCUT2D eigenvalue weighted by Gasteiger charge is -2.25. The summed E-state index contributed by atoms with van der Waals surface area (Å²) < 4.78 is 5.33. The van der Waals surface area contributed by atoms with Crippen LogP contribution in [0, 0.1) is 0 Å².